The quantitative estimate of drug-likeness (QED) is 0.732. The number of thiophene rings is 1. The van der Waals surface area contributed by atoms with Gasteiger partial charge in [0.05, 0.1) is 0 Å². The van der Waals surface area contributed by atoms with E-state index in [1.165, 1.54) is 15.3 Å². The van der Waals surface area contributed by atoms with Gasteiger partial charge in [-0.15, -0.1) is 11.3 Å². The summed E-state index contributed by atoms with van der Waals surface area (Å²) in [6, 6.07) is 2.29. The molecule has 0 spiro atoms. The van der Waals surface area contributed by atoms with Crippen LogP contribution in [0.1, 0.15) is 22.2 Å². The van der Waals surface area contributed by atoms with Crippen LogP contribution in [-0.2, 0) is 13.0 Å². The molecule has 62 valence electrons. The maximum absolute atomic E-state index is 3.18. The lowest BCUT2D eigenvalue weighted by Gasteiger charge is -1.97. The summed E-state index contributed by atoms with van der Waals surface area (Å²) >= 11 is 1.90. The second-order valence-corrected chi connectivity index (χ2v) is 4.03. The maximum atomic E-state index is 3.18. The normalized spacial score (nSPS) is 10.5. The molecular weight excluding hydrogens is 154 g/mol. The van der Waals surface area contributed by atoms with Crippen molar-refractivity contribution in [2.75, 3.05) is 7.05 Å². The minimum atomic E-state index is 1.02. The van der Waals surface area contributed by atoms with Crippen molar-refractivity contribution >= 4 is 11.3 Å². The van der Waals surface area contributed by atoms with E-state index in [2.05, 4.69) is 25.2 Å². The van der Waals surface area contributed by atoms with Gasteiger partial charge in [0.25, 0.3) is 0 Å². The third kappa shape index (κ3) is 2.04. The Morgan fingerprint density at radius 3 is 2.82 bits per heavy atom. The van der Waals surface area contributed by atoms with E-state index in [4.69, 9.17) is 0 Å². The molecule has 0 bridgehead atoms. The molecule has 0 aliphatic carbocycles. The van der Waals surface area contributed by atoms with E-state index in [-0.39, 0.29) is 0 Å². The van der Waals surface area contributed by atoms with E-state index in [1.54, 1.807) is 0 Å². The fourth-order valence-corrected chi connectivity index (χ4v) is 2.37. The first-order valence-electron chi connectivity index (χ1n) is 4.00. The average molecular weight is 169 g/mol. The molecule has 1 heterocycles. The number of hydrogen-bond donors (Lipinski definition) is 1. The molecular formula is C9H15NS. The highest BCUT2D eigenvalue weighted by Gasteiger charge is 2.02. The van der Waals surface area contributed by atoms with E-state index in [9.17, 15) is 0 Å². The third-order valence-corrected chi connectivity index (χ3v) is 2.83. The van der Waals surface area contributed by atoms with Crippen molar-refractivity contribution < 1.29 is 0 Å². The average Bonchev–Trinajstić information content (AvgIpc) is 2.32. The molecule has 0 aliphatic heterocycles. The van der Waals surface area contributed by atoms with Gasteiger partial charge in [0.2, 0.25) is 0 Å². The van der Waals surface area contributed by atoms with Crippen LogP contribution in [0.4, 0.5) is 0 Å². The van der Waals surface area contributed by atoms with Gasteiger partial charge in [-0.05, 0) is 32.0 Å². The van der Waals surface area contributed by atoms with Gasteiger partial charge in [0, 0.05) is 16.3 Å². The van der Waals surface area contributed by atoms with Gasteiger partial charge in [0.1, 0.15) is 0 Å². The van der Waals surface area contributed by atoms with Crippen LogP contribution in [-0.4, -0.2) is 7.05 Å². The number of nitrogens with one attached hydrogen (secondary N) is 1. The fraction of sp³-hybridized carbons (Fsp3) is 0.556. The topological polar surface area (TPSA) is 12.0 Å². The van der Waals surface area contributed by atoms with Crippen LogP contribution in [0.5, 0.6) is 0 Å². The Morgan fingerprint density at radius 2 is 2.27 bits per heavy atom. The van der Waals surface area contributed by atoms with E-state index in [0.717, 1.165) is 13.0 Å². The second kappa shape index (κ2) is 3.88. The Balaban J connectivity index is 2.83. The summed E-state index contributed by atoms with van der Waals surface area (Å²) < 4.78 is 0. The largest absolute Gasteiger partial charge is 0.315 e. The van der Waals surface area contributed by atoms with Crippen LogP contribution in [0.2, 0.25) is 0 Å². The number of aryl methyl sites for hydroxylation is 2. The van der Waals surface area contributed by atoms with E-state index < -0.39 is 0 Å². The lowest BCUT2D eigenvalue weighted by molar-refractivity contribution is 0.821. The molecule has 1 aromatic heterocycles. The smallest absolute Gasteiger partial charge is 0.0299 e. The van der Waals surface area contributed by atoms with Gasteiger partial charge in [-0.3, -0.25) is 0 Å². The lowest BCUT2D eigenvalue weighted by atomic mass is 10.2. The van der Waals surface area contributed by atoms with Crippen molar-refractivity contribution in [3.63, 3.8) is 0 Å². The molecule has 1 N–H and O–H groups in total. The minimum absolute atomic E-state index is 1.02. The van der Waals surface area contributed by atoms with E-state index in [1.807, 2.05) is 18.4 Å². The standard InChI is InChI=1S/C9H15NS/c1-4-8-5-7(2)11-9(8)6-10-3/h5,10H,4,6H2,1-3H3. The van der Waals surface area contributed by atoms with Crippen molar-refractivity contribution in [3.05, 3.63) is 21.4 Å². The lowest BCUT2D eigenvalue weighted by Crippen LogP contribution is -2.04. The summed E-state index contributed by atoms with van der Waals surface area (Å²) in [5.41, 5.74) is 1.50. The summed E-state index contributed by atoms with van der Waals surface area (Å²) in [6.07, 6.45) is 1.15. The van der Waals surface area contributed by atoms with Gasteiger partial charge >= 0.3 is 0 Å². The zero-order chi connectivity index (χ0) is 8.27. The van der Waals surface area contributed by atoms with E-state index >= 15 is 0 Å². The maximum Gasteiger partial charge on any atom is 0.0299 e. The summed E-state index contributed by atoms with van der Waals surface area (Å²) in [6.45, 7) is 5.39. The zero-order valence-electron chi connectivity index (χ0n) is 7.40. The molecule has 0 fully saturated rings. The Kier molecular flexibility index (Phi) is 3.09. The summed E-state index contributed by atoms with van der Waals surface area (Å²) in [5.74, 6) is 0. The first kappa shape index (κ1) is 8.75. The second-order valence-electron chi connectivity index (χ2n) is 2.69. The van der Waals surface area contributed by atoms with Gasteiger partial charge in [-0.1, -0.05) is 6.92 Å². The minimum Gasteiger partial charge on any atom is -0.315 e. The highest BCUT2D eigenvalue weighted by Crippen LogP contribution is 2.21. The van der Waals surface area contributed by atoms with Crippen molar-refractivity contribution in [2.45, 2.75) is 26.8 Å². The van der Waals surface area contributed by atoms with Crippen molar-refractivity contribution in [1.82, 2.24) is 5.32 Å². The molecule has 1 nitrogen and oxygen atoms in total. The molecule has 11 heavy (non-hydrogen) atoms. The van der Waals surface area contributed by atoms with Crippen LogP contribution in [0.15, 0.2) is 6.07 Å². The van der Waals surface area contributed by atoms with Crippen LogP contribution < -0.4 is 5.32 Å². The van der Waals surface area contributed by atoms with Gasteiger partial charge < -0.3 is 5.32 Å². The highest BCUT2D eigenvalue weighted by molar-refractivity contribution is 7.12. The van der Waals surface area contributed by atoms with Crippen LogP contribution >= 0.6 is 11.3 Å². The van der Waals surface area contributed by atoms with Gasteiger partial charge in [-0.25, -0.2) is 0 Å². The Hall–Kier alpha value is -0.340. The fourth-order valence-electron chi connectivity index (χ4n) is 1.22. The summed E-state index contributed by atoms with van der Waals surface area (Å²) in [7, 11) is 1.99. The molecule has 2 heteroatoms. The van der Waals surface area contributed by atoms with Gasteiger partial charge in [0.15, 0.2) is 0 Å². The van der Waals surface area contributed by atoms with E-state index in [0.29, 0.717) is 0 Å². The van der Waals surface area contributed by atoms with Crippen LogP contribution in [0, 0.1) is 6.92 Å². The highest BCUT2D eigenvalue weighted by atomic mass is 32.1. The van der Waals surface area contributed by atoms with Crippen molar-refractivity contribution in [3.8, 4) is 0 Å². The SMILES string of the molecule is CCc1cc(C)sc1CNC. The molecule has 0 saturated carbocycles. The number of rotatable bonds is 3. The first-order chi connectivity index (χ1) is 5.27. The van der Waals surface area contributed by atoms with Crippen LogP contribution in [0.25, 0.3) is 0 Å². The first-order valence-corrected chi connectivity index (χ1v) is 4.82. The van der Waals surface area contributed by atoms with Crippen molar-refractivity contribution in [2.24, 2.45) is 0 Å². The van der Waals surface area contributed by atoms with Crippen molar-refractivity contribution in [1.29, 1.82) is 0 Å². The molecule has 1 rings (SSSR count). The Bertz CT molecular complexity index is 227. The molecule has 0 radical (unpaired) electrons. The van der Waals surface area contributed by atoms with Gasteiger partial charge in [-0.2, -0.15) is 0 Å². The molecule has 1 aromatic rings. The molecule has 0 aromatic carbocycles. The third-order valence-electron chi connectivity index (χ3n) is 1.74. The predicted molar refractivity (Wildman–Crippen MR) is 51.2 cm³/mol. The molecule has 0 saturated heterocycles. The predicted octanol–water partition coefficient (Wildman–Crippen LogP) is 2.34. The molecule has 0 aliphatic rings. The number of hydrogen-bond acceptors (Lipinski definition) is 2. The van der Waals surface area contributed by atoms with Crippen LogP contribution in [0.3, 0.4) is 0 Å². The summed E-state index contributed by atoms with van der Waals surface area (Å²) in [4.78, 5) is 2.92. The Morgan fingerprint density at radius 1 is 1.55 bits per heavy atom. The molecule has 0 amide bonds. The molecule has 0 atom stereocenters. The molecule has 0 unspecified atom stereocenters. The summed E-state index contributed by atoms with van der Waals surface area (Å²) in [5, 5.41) is 3.18. The Labute approximate surface area is 72.4 Å². The monoisotopic (exact) mass is 169 g/mol. The zero-order valence-corrected chi connectivity index (χ0v) is 8.22.